The summed E-state index contributed by atoms with van der Waals surface area (Å²) >= 11 is 1.51. The van der Waals surface area contributed by atoms with Gasteiger partial charge in [-0.2, -0.15) is 0 Å². The van der Waals surface area contributed by atoms with Crippen LogP contribution in [-0.4, -0.2) is 6.04 Å². The molecule has 1 nitrogen and oxygen atoms in total. The lowest BCUT2D eigenvalue weighted by atomic mass is 10.2. The molecule has 0 aliphatic heterocycles. The van der Waals surface area contributed by atoms with Crippen molar-refractivity contribution in [3.8, 4) is 0 Å². The third-order valence-electron chi connectivity index (χ3n) is 2.76. The summed E-state index contributed by atoms with van der Waals surface area (Å²) in [5.74, 6) is -0.496. The molecule has 106 valence electrons. The second kappa shape index (κ2) is 6.86. The van der Waals surface area contributed by atoms with Gasteiger partial charge >= 0.3 is 0 Å². The predicted octanol–water partition coefficient (Wildman–Crippen LogP) is 4.61. The lowest BCUT2D eigenvalue weighted by Crippen LogP contribution is -2.22. The van der Waals surface area contributed by atoms with E-state index in [0.717, 1.165) is 15.4 Å². The second-order valence-electron chi connectivity index (χ2n) is 4.84. The summed E-state index contributed by atoms with van der Waals surface area (Å²) in [5, 5.41) is 3.28. The zero-order chi connectivity index (χ0) is 14.5. The molecule has 0 amide bonds. The van der Waals surface area contributed by atoms with Gasteiger partial charge < -0.3 is 5.32 Å². The van der Waals surface area contributed by atoms with Crippen LogP contribution in [-0.2, 0) is 6.54 Å². The summed E-state index contributed by atoms with van der Waals surface area (Å²) in [6.45, 7) is 4.71. The molecular formula is C16H17F2NS. The Bertz CT molecular complexity index is 567. The highest BCUT2D eigenvalue weighted by molar-refractivity contribution is 7.99. The first-order chi connectivity index (χ1) is 9.54. The third-order valence-corrected chi connectivity index (χ3v) is 3.89. The van der Waals surface area contributed by atoms with Crippen LogP contribution in [0.15, 0.2) is 52.3 Å². The molecule has 0 radical (unpaired) electrons. The van der Waals surface area contributed by atoms with Crippen molar-refractivity contribution in [1.29, 1.82) is 0 Å². The minimum Gasteiger partial charge on any atom is -0.310 e. The van der Waals surface area contributed by atoms with Gasteiger partial charge in [-0.25, -0.2) is 8.78 Å². The smallest absolute Gasteiger partial charge is 0.123 e. The van der Waals surface area contributed by atoms with Gasteiger partial charge in [-0.15, -0.1) is 0 Å². The van der Waals surface area contributed by atoms with Crippen LogP contribution >= 0.6 is 11.8 Å². The molecular weight excluding hydrogens is 276 g/mol. The summed E-state index contributed by atoms with van der Waals surface area (Å²) < 4.78 is 26.3. The lowest BCUT2D eigenvalue weighted by molar-refractivity contribution is 0.576. The summed E-state index contributed by atoms with van der Waals surface area (Å²) in [5.41, 5.74) is 0.910. The SMILES string of the molecule is CC(C)NCc1cc(F)ccc1Sc1ccc(F)cc1. The Morgan fingerprint density at radius 3 is 2.30 bits per heavy atom. The van der Waals surface area contributed by atoms with Crippen molar-refractivity contribution in [1.82, 2.24) is 5.32 Å². The first kappa shape index (κ1) is 15.0. The molecule has 0 fully saturated rings. The fourth-order valence-corrected chi connectivity index (χ4v) is 2.65. The molecule has 2 aromatic rings. The number of hydrogen-bond acceptors (Lipinski definition) is 2. The quantitative estimate of drug-likeness (QED) is 0.863. The van der Waals surface area contributed by atoms with E-state index in [1.165, 1.54) is 30.0 Å². The van der Waals surface area contributed by atoms with Crippen LogP contribution in [0, 0.1) is 11.6 Å². The number of benzene rings is 2. The van der Waals surface area contributed by atoms with E-state index in [4.69, 9.17) is 0 Å². The van der Waals surface area contributed by atoms with Gasteiger partial charge in [0.05, 0.1) is 0 Å². The Labute approximate surface area is 122 Å². The topological polar surface area (TPSA) is 12.0 Å². The van der Waals surface area contributed by atoms with Gasteiger partial charge in [0.25, 0.3) is 0 Å². The van der Waals surface area contributed by atoms with Gasteiger partial charge in [0.2, 0.25) is 0 Å². The molecule has 20 heavy (non-hydrogen) atoms. The van der Waals surface area contributed by atoms with E-state index in [-0.39, 0.29) is 11.6 Å². The average Bonchev–Trinajstić information content (AvgIpc) is 2.41. The molecule has 0 aliphatic carbocycles. The Morgan fingerprint density at radius 2 is 1.65 bits per heavy atom. The van der Waals surface area contributed by atoms with Crippen molar-refractivity contribution in [3.05, 3.63) is 59.7 Å². The monoisotopic (exact) mass is 293 g/mol. The number of nitrogens with one attached hydrogen (secondary N) is 1. The van der Waals surface area contributed by atoms with Crippen molar-refractivity contribution in [2.45, 2.75) is 36.2 Å². The van der Waals surface area contributed by atoms with Gasteiger partial charge in [-0.3, -0.25) is 0 Å². The van der Waals surface area contributed by atoms with Crippen LogP contribution in [0.4, 0.5) is 8.78 Å². The van der Waals surface area contributed by atoms with Crippen LogP contribution in [0.25, 0.3) is 0 Å². The van der Waals surface area contributed by atoms with E-state index < -0.39 is 0 Å². The molecule has 1 N–H and O–H groups in total. The van der Waals surface area contributed by atoms with Gasteiger partial charge in [0.15, 0.2) is 0 Å². The van der Waals surface area contributed by atoms with Crippen LogP contribution in [0.3, 0.4) is 0 Å². The highest BCUT2D eigenvalue weighted by Crippen LogP contribution is 2.31. The van der Waals surface area contributed by atoms with Gasteiger partial charge in [0.1, 0.15) is 11.6 Å². The minimum absolute atomic E-state index is 0.242. The Morgan fingerprint density at radius 1 is 1.00 bits per heavy atom. The maximum Gasteiger partial charge on any atom is 0.123 e. The van der Waals surface area contributed by atoms with Gasteiger partial charge in [-0.1, -0.05) is 25.6 Å². The molecule has 0 aromatic heterocycles. The van der Waals surface area contributed by atoms with Crippen LogP contribution in [0.2, 0.25) is 0 Å². The fraction of sp³-hybridized carbons (Fsp3) is 0.250. The zero-order valence-electron chi connectivity index (χ0n) is 11.5. The highest BCUT2D eigenvalue weighted by atomic mass is 32.2. The standard InChI is InChI=1S/C16H17F2NS/c1-11(2)19-10-12-9-14(18)5-8-16(12)20-15-6-3-13(17)4-7-15/h3-9,11,19H,10H2,1-2H3. The Kier molecular flexibility index (Phi) is 5.15. The largest absolute Gasteiger partial charge is 0.310 e. The van der Waals surface area contributed by atoms with Crippen molar-refractivity contribution in [3.63, 3.8) is 0 Å². The number of hydrogen-bond donors (Lipinski definition) is 1. The fourth-order valence-electron chi connectivity index (χ4n) is 1.73. The van der Waals surface area contributed by atoms with Crippen LogP contribution in [0.5, 0.6) is 0 Å². The average molecular weight is 293 g/mol. The Hall–Kier alpha value is -1.39. The molecule has 0 heterocycles. The second-order valence-corrected chi connectivity index (χ2v) is 5.96. The van der Waals surface area contributed by atoms with E-state index in [1.807, 2.05) is 13.8 Å². The summed E-state index contributed by atoms with van der Waals surface area (Å²) in [6.07, 6.45) is 0. The van der Waals surface area contributed by atoms with Gasteiger partial charge in [0, 0.05) is 22.4 Å². The summed E-state index contributed by atoms with van der Waals surface area (Å²) in [6, 6.07) is 11.4. The molecule has 0 atom stereocenters. The molecule has 0 saturated carbocycles. The van der Waals surface area contributed by atoms with Crippen molar-refractivity contribution < 1.29 is 8.78 Å². The maximum absolute atomic E-state index is 13.4. The molecule has 0 saturated heterocycles. The first-order valence-corrected chi connectivity index (χ1v) is 7.31. The molecule has 0 aliphatic rings. The molecule has 0 spiro atoms. The van der Waals surface area contributed by atoms with Crippen LogP contribution < -0.4 is 5.32 Å². The van der Waals surface area contributed by atoms with Gasteiger partial charge in [-0.05, 0) is 48.0 Å². The van der Waals surface area contributed by atoms with E-state index in [1.54, 1.807) is 24.3 Å². The number of rotatable bonds is 5. The maximum atomic E-state index is 13.4. The first-order valence-electron chi connectivity index (χ1n) is 6.50. The van der Waals surface area contributed by atoms with Crippen LogP contribution in [0.1, 0.15) is 19.4 Å². The van der Waals surface area contributed by atoms with Crippen molar-refractivity contribution >= 4 is 11.8 Å². The minimum atomic E-state index is -0.254. The molecule has 0 unspecified atom stereocenters. The third kappa shape index (κ3) is 4.32. The van der Waals surface area contributed by atoms with Crippen molar-refractivity contribution in [2.75, 3.05) is 0 Å². The number of halogens is 2. The zero-order valence-corrected chi connectivity index (χ0v) is 12.3. The highest BCUT2D eigenvalue weighted by Gasteiger charge is 2.07. The van der Waals surface area contributed by atoms with E-state index >= 15 is 0 Å². The predicted molar refractivity (Wildman–Crippen MR) is 78.9 cm³/mol. The molecule has 2 aromatic carbocycles. The van der Waals surface area contributed by atoms with Crippen molar-refractivity contribution in [2.24, 2.45) is 0 Å². The van der Waals surface area contributed by atoms with E-state index in [2.05, 4.69) is 5.32 Å². The van der Waals surface area contributed by atoms with E-state index in [9.17, 15) is 8.78 Å². The Balaban J connectivity index is 2.19. The summed E-state index contributed by atoms with van der Waals surface area (Å²) in [4.78, 5) is 1.91. The molecule has 2 rings (SSSR count). The summed E-state index contributed by atoms with van der Waals surface area (Å²) in [7, 11) is 0. The normalized spacial score (nSPS) is 11.1. The molecule has 4 heteroatoms. The van der Waals surface area contributed by atoms with E-state index in [0.29, 0.717) is 12.6 Å². The lowest BCUT2D eigenvalue weighted by Gasteiger charge is -2.12. The molecule has 0 bridgehead atoms.